The van der Waals surface area contributed by atoms with Gasteiger partial charge in [-0.1, -0.05) is 41.5 Å². The van der Waals surface area contributed by atoms with Crippen LogP contribution in [0, 0.1) is 17.8 Å². The maximum absolute atomic E-state index is 4.35. The number of nitrogens with zero attached hydrogens (tertiary/aromatic N) is 2. The molecule has 0 spiro atoms. The van der Waals surface area contributed by atoms with Crippen molar-refractivity contribution >= 4 is 5.69 Å². The third-order valence-corrected chi connectivity index (χ3v) is 3.27. The first-order chi connectivity index (χ1) is 9.90. The van der Waals surface area contributed by atoms with Crippen LogP contribution in [0.5, 0.6) is 0 Å². The molecule has 120 valence electrons. The second kappa shape index (κ2) is 9.04. The fourth-order valence-corrected chi connectivity index (χ4v) is 2.50. The Hall–Kier alpha value is -1.09. The highest BCUT2D eigenvalue weighted by atomic mass is 15.1. The van der Waals surface area contributed by atoms with Crippen LogP contribution in [-0.2, 0) is 6.54 Å². The monoisotopic (exact) mass is 291 g/mol. The summed E-state index contributed by atoms with van der Waals surface area (Å²) in [5.74, 6) is 1.98. The van der Waals surface area contributed by atoms with Crippen molar-refractivity contribution in [2.45, 2.75) is 48.1 Å². The molecule has 0 amide bonds. The second-order valence-corrected chi connectivity index (χ2v) is 7.22. The first-order valence-electron chi connectivity index (χ1n) is 8.28. The summed E-state index contributed by atoms with van der Waals surface area (Å²) in [6.45, 7) is 17.7. The molecule has 0 saturated heterocycles. The van der Waals surface area contributed by atoms with Gasteiger partial charge in [0.25, 0.3) is 0 Å². The highest BCUT2D eigenvalue weighted by Crippen LogP contribution is 2.21. The topological polar surface area (TPSA) is 28.2 Å². The molecule has 1 heterocycles. The zero-order chi connectivity index (χ0) is 15.8. The van der Waals surface area contributed by atoms with E-state index in [4.69, 9.17) is 0 Å². The van der Waals surface area contributed by atoms with Gasteiger partial charge in [0, 0.05) is 25.8 Å². The number of pyridine rings is 1. The summed E-state index contributed by atoms with van der Waals surface area (Å²) in [7, 11) is 0. The summed E-state index contributed by atoms with van der Waals surface area (Å²) >= 11 is 0. The van der Waals surface area contributed by atoms with Crippen LogP contribution in [0.25, 0.3) is 0 Å². The Morgan fingerprint density at radius 3 is 2.14 bits per heavy atom. The smallest absolute Gasteiger partial charge is 0.0598 e. The lowest BCUT2D eigenvalue weighted by Crippen LogP contribution is -2.33. The van der Waals surface area contributed by atoms with Crippen LogP contribution in [0.4, 0.5) is 5.69 Å². The maximum atomic E-state index is 4.35. The summed E-state index contributed by atoms with van der Waals surface area (Å²) in [6, 6.07) is 2.15. The standard InChI is InChI=1S/C18H33N3/c1-14(2)9-20-10-17-7-8-19-11-18(17)21(12-15(3)4)13-16(5)6/h7-8,11,14-16,20H,9-10,12-13H2,1-6H3. The molecule has 0 saturated carbocycles. The predicted octanol–water partition coefficient (Wildman–Crippen LogP) is 3.95. The Morgan fingerprint density at radius 2 is 1.62 bits per heavy atom. The van der Waals surface area contributed by atoms with E-state index in [1.165, 1.54) is 11.3 Å². The van der Waals surface area contributed by atoms with Gasteiger partial charge >= 0.3 is 0 Å². The van der Waals surface area contributed by atoms with Gasteiger partial charge in [-0.3, -0.25) is 4.98 Å². The third-order valence-electron chi connectivity index (χ3n) is 3.27. The molecule has 3 nitrogen and oxygen atoms in total. The number of rotatable bonds is 9. The highest BCUT2D eigenvalue weighted by Gasteiger charge is 2.14. The SMILES string of the molecule is CC(C)CNCc1ccncc1N(CC(C)C)CC(C)C. The van der Waals surface area contributed by atoms with Crippen LogP contribution in [-0.4, -0.2) is 24.6 Å². The molecule has 0 aliphatic carbocycles. The molecule has 1 N–H and O–H groups in total. The molecule has 0 atom stereocenters. The molecular formula is C18H33N3. The number of hydrogen-bond donors (Lipinski definition) is 1. The Morgan fingerprint density at radius 1 is 1.00 bits per heavy atom. The molecule has 21 heavy (non-hydrogen) atoms. The van der Waals surface area contributed by atoms with Crippen molar-refractivity contribution in [2.24, 2.45) is 17.8 Å². The fraction of sp³-hybridized carbons (Fsp3) is 0.722. The van der Waals surface area contributed by atoms with Crippen LogP contribution >= 0.6 is 0 Å². The van der Waals surface area contributed by atoms with Crippen LogP contribution in [0.15, 0.2) is 18.5 Å². The number of aromatic nitrogens is 1. The number of anilines is 1. The van der Waals surface area contributed by atoms with Crippen LogP contribution in [0.2, 0.25) is 0 Å². The molecule has 0 fully saturated rings. The van der Waals surface area contributed by atoms with E-state index in [0.29, 0.717) is 17.8 Å². The summed E-state index contributed by atoms with van der Waals surface area (Å²) in [5.41, 5.74) is 2.64. The quantitative estimate of drug-likeness (QED) is 0.747. The normalized spacial score (nSPS) is 11.7. The van der Waals surface area contributed by atoms with Crippen molar-refractivity contribution < 1.29 is 0 Å². The van der Waals surface area contributed by atoms with Gasteiger partial charge in [0.2, 0.25) is 0 Å². The van der Waals surface area contributed by atoms with E-state index < -0.39 is 0 Å². The zero-order valence-corrected chi connectivity index (χ0v) is 14.7. The van der Waals surface area contributed by atoms with Gasteiger partial charge in [0.15, 0.2) is 0 Å². The molecule has 0 aromatic carbocycles. The summed E-state index contributed by atoms with van der Waals surface area (Å²) in [4.78, 5) is 6.85. The van der Waals surface area contributed by atoms with Crippen LogP contribution in [0.1, 0.15) is 47.1 Å². The third kappa shape index (κ3) is 6.94. The molecule has 3 heteroatoms. The van der Waals surface area contributed by atoms with Crippen molar-refractivity contribution in [3.8, 4) is 0 Å². The molecule has 1 rings (SSSR count). The maximum Gasteiger partial charge on any atom is 0.0598 e. The Labute approximate surface area is 131 Å². The first-order valence-corrected chi connectivity index (χ1v) is 8.28. The van der Waals surface area contributed by atoms with Gasteiger partial charge in [0.05, 0.1) is 11.9 Å². The average Bonchev–Trinajstić information content (AvgIpc) is 2.37. The lowest BCUT2D eigenvalue weighted by molar-refractivity contribution is 0.540. The zero-order valence-electron chi connectivity index (χ0n) is 14.7. The minimum absolute atomic E-state index is 0.653. The first kappa shape index (κ1) is 18.0. The van der Waals surface area contributed by atoms with Gasteiger partial charge in [-0.05, 0) is 35.9 Å². The number of hydrogen-bond acceptors (Lipinski definition) is 3. The van der Waals surface area contributed by atoms with Gasteiger partial charge in [-0.25, -0.2) is 0 Å². The van der Waals surface area contributed by atoms with Gasteiger partial charge in [-0.15, -0.1) is 0 Å². The molecule has 0 unspecified atom stereocenters. The fourth-order valence-electron chi connectivity index (χ4n) is 2.50. The summed E-state index contributed by atoms with van der Waals surface area (Å²) in [5, 5.41) is 3.55. The molecule has 1 aromatic heterocycles. The summed E-state index contributed by atoms with van der Waals surface area (Å²) < 4.78 is 0. The van der Waals surface area contributed by atoms with E-state index in [9.17, 15) is 0 Å². The van der Waals surface area contributed by atoms with Crippen molar-refractivity contribution in [3.05, 3.63) is 24.0 Å². The lowest BCUT2D eigenvalue weighted by Gasteiger charge is -2.30. The van der Waals surface area contributed by atoms with E-state index >= 15 is 0 Å². The van der Waals surface area contributed by atoms with Crippen molar-refractivity contribution in [1.82, 2.24) is 10.3 Å². The largest absolute Gasteiger partial charge is 0.370 e. The van der Waals surface area contributed by atoms with Crippen molar-refractivity contribution in [2.75, 3.05) is 24.5 Å². The average molecular weight is 291 g/mol. The van der Waals surface area contributed by atoms with Crippen LogP contribution in [0.3, 0.4) is 0 Å². The number of nitrogens with one attached hydrogen (secondary N) is 1. The molecule has 1 aromatic rings. The van der Waals surface area contributed by atoms with E-state index in [-0.39, 0.29) is 0 Å². The Balaban J connectivity index is 2.85. The predicted molar refractivity (Wildman–Crippen MR) is 92.7 cm³/mol. The molecule has 0 bridgehead atoms. The Bertz CT molecular complexity index is 389. The molecule has 0 aliphatic rings. The van der Waals surface area contributed by atoms with Crippen molar-refractivity contribution in [1.29, 1.82) is 0 Å². The summed E-state index contributed by atoms with van der Waals surface area (Å²) in [6.07, 6.45) is 3.93. The molecule has 0 radical (unpaired) electrons. The molecule has 0 aliphatic heterocycles. The van der Waals surface area contributed by atoms with Gasteiger partial charge in [0.1, 0.15) is 0 Å². The van der Waals surface area contributed by atoms with Gasteiger partial charge < -0.3 is 10.2 Å². The second-order valence-electron chi connectivity index (χ2n) is 7.22. The minimum atomic E-state index is 0.653. The van der Waals surface area contributed by atoms with E-state index in [0.717, 1.165) is 26.2 Å². The minimum Gasteiger partial charge on any atom is -0.370 e. The Kier molecular flexibility index (Phi) is 7.73. The van der Waals surface area contributed by atoms with E-state index in [1.54, 1.807) is 0 Å². The van der Waals surface area contributed by atoms with Crippen molar-refractivity contribution in [3.63, 3.8) is 0 Å². The lowest BCUT2D eigenvalue weighted by atomic mass is 10.1. The van der Waals surface area contributed by atoms with Gasteiger partial charge in [-0.2, -0.15) is 0 Å². The van der Waals surface area contributed by atoms with E-state index in [1.807, 2.05) is 12.4 Å². The molecular weight excluding hydrogens is 258 g/mol. The highest BCUT2D eigenvalue weighted by molar-refractivity contribution is 5.51. The van der Waals surface area contributed by atoms with E-state index in [2.05, 4.69) is 62.8 Å². The van der Waals surface area contributed by atoms with Crippen LogP contribution < -0.4 is 10.2 Å².